The Balaban J connectivity index is 0.00000121. The lowest BCUT2D eigenvalue weighted by Crippen LogP contribution is -2.33. The normalized spacial score (nSPS) is 21.8. The van der Waals surface area contributed by atoms with Crippen LogP contribution < -0.4 is 5.32 Å². The van der Waals surface area contributed by atoms with E-state index >= 15 is 0 Å². The topological polar surface area (TPSA) is 12.0 Å². The highest BCUT2D eigenvalue weighted by atomic mass is 35.5. The Morgan fingerprint density at radius 2 is 1.92 bits per heavy atom. The van der Waals surface area contributed by atoms with E-state index in [1.165, 1.54) is 12.8 Å². The third kappa shape index (κ3) is 3.42. The number of nitrogens with one attached hydrogen (secondary N) is 1. The van der Waals surface area contributed by atoms with E-state index < -0.39 is 0 Å². The minimum atomic E-state index is 0. The average molecular weight is 188 g/mol. The van der Waals surface area contributed by atoms with Gasteiger partial charge in [-0.15, -0.1) is 12.4 Å². The molecular formula is C10H18ClN. The van der Waals surface area contributed by atoms with Crippen LogP contribution in [0.3, 0.4) is 0 Å². The molecule has 1 heterocycles. The van der Waals surface area contributed by atoms with Crippen LogP contribution in [0, 0.1) is 5.41 Å². The van der Waals surface area contributed by atoms with Gasteiger partial charge in [-0.25, -0.2) is 0 Å². The van der Waals surface area contributed by atoms with Gasteiger partial charge in [0.15, 0.2) is 0 Å². The molecule has 1 aliphatic rings. The zero-order valence-electron chi connectivity index (χ0n) is 7.68. The second kappa shape index (κ2) is 5.39. The van der Waals surface area contributed by atoms with Gasteiger partial charge in [-0.1, -0.05) is 31.7 Å². The molecule has 1 nitrogen and oxygen atoms in total. The van der Waals surface area contributed by atoms with Gasteiger partial charge in [-0.2, -0.15) is 0 Å². The molecule has 1 saturated heterocycles. The van der Waals surface area contributed by atoms with Crippen LogP contribution in [0.4, 0.5) is 0 Å². The minimum absolute atomic E-state index is 0. The molecule has 0 radical (unpaired) electrons. The van der Waals surface area contributed by atoms with Crippen molar-refractivity contribution in [3.8, 4) is 0 Å². The molecule has 2 heteroatoms. The van der Waals surface area contributed by atoms with Crippen molar-refractivity contribution >= 4 is 12.4 Å². The maximum atomic E-state index is 3.67. The van der Waals surface area contributed by atoms with Crippen LogP contribution in [-0.2, 0) is 0 Å². The molecule has 0 aromatic heterocycles. The number of hydrogen-bond acceptors (Lipinski definition) is 1. The summed E-state index contributed by atoms with van der Waals surface area (Å²) in [7, 11) is 0. The molecule has 0 amide bonds. The van der Waals surface area contributed by atoms with Crippen LogP contribution in [0.2, 0.25) is 0 Å². The van der Waals surface area contributed by atoms with Gasteiger partial charge in [0.25, 0.3) is 0 Å². The van der Waals surface area contributed by atoms with Gasteiger partial charge in [0.2, 0.25) is 0 Å². The predicted octanol–water partition coefficient (Wildman–Crippen LogP) is 2.54. The molecule has 0 bridgehead atoms. The van der Waals surface area contributed by atoms with Crippen molar-refractivity contribution in [2.75, 3.05) is 13.1 Å². The Morgan fingerprint density at radius 3 is 2.42 bits per heavy atom. The van der Waals surface area contributed by atoms with E-state index in [2.05, 4.69) is 31.0 Å². The van der Waals surface area contributed by atoms with Gasteiger partial charge >= 0.3 is 0 Å². The molecule has 0 aliphatic carbocycles. The standard InChI is InChI=1S/C10H17N.ClH/c1-3-4-5-10(2)6-8-11-9-7-10;/h3-5,11H,1,6-9H2,2H3;1H/b5-4+;. The quantitative estimate of drug-likeness (QED) is 0.656. The summed E-state index contributed by atoms with van der Waals surface area (Å²) in [4.78, 5) is 0. The maximum Gasteiger partial charge on any atom is -0.00407 e. The van der Waals surface area contributed by atoms with Gasteiger partial charge in [0, 0.05) is 0 Å². The molecule has 0 saturated carbocycles. The lowest BCUT2D eigenvalue weighted by Gasteiger charge is -2.30. The van der Waals surface area contributed by atoms with E-state index in [1.807, 2.05) is 6.08 Å². The summed E-state index contributed by atoms with van der Waals surface area (Å²) in [5.74, 6) is 0. The van der Waals surface area contributed by atoms with Crippen LogP contribution in [-0.4, -0.2) is 13.1 Å². The Morgan fingerprint density at radius 1 is 1.33 bits per heavy atom. The summed E-state index contributed by atoms with van der Waals surface area (Å²) in [5.41, 5.74) is 0.416. The molecule has 1 rings (SSSR count). The summed E-state index contributed by atoms with van der Waals surface area (Å²) in [6, 6.07) is 0. The Bertz CT molecular complexity index is 157. The molecule has 0 atom stereocenters. The fourth-order valence-corrected chi connectivity index (χ4v) is 1.46. The first-order chi connectivity index (χ1) is 5.27. The van der Waals surface area contributed by atoms with Gasteiger partial charge in [-0.3, -0.25) is 0 Å². The van der Waals surface area contributed by atoms with E-state index in [4.69, 9.17) is 0 Å². The van der Waals surface area contributed by atoms with Crippen molar-refractivity contribution in [3.63, 3.8) is 0 Å². The van der Waals surface area contributed by atoms with Crippen molar-refractivity contribution in [3.05, 3.63) is 24.8 Å². The average Bonchev–Trinajstić information content (AvgIpc) is 2.03. The minimum Gasteiger partial charge on any atom is -0.317 e. The molecule has 1 aliphatic heterocycles. The van der Waals surface area contributed by atoms with E-state index in [9.17, 15) is 0 Å². The number of halogens is 1. The lowest BCUT2D eigenvalue weighted by molar-refractivity contribution is 0.301. The van der Waals surface area contributed by atoms with E-state index in [1.54, 1.807) is 0 Å². The fourth-order valence-electron chi connectivity index (χ4n) is 1.46. The van der Waals surface area contributed by atoms with Gasteiger partial charge in [-0.05, 0) is 31.3 Å². The third-order valence-electron chi connectivity index (χ3n) is 2.38. The molecule has 1 N–H and O–H groups in total. The molecular weight excluding hydrogens is 170 g/mol. The monoisotopic (exact) mass is 187 g/mol. The summed E-state index contributed by atoms with van der Waals surface area (Å²) in [6.07, 6.45) is 8.69. The third-order valence-corrected chi connectivity index (χ3v) is 2.38. The molecule has 0 spiro atoms. The molecule has 70 valence electrons. The van der Waals surface area contributed by atoms with Gasteiger partial charge in [0.1, 0.15) is 0 Å². The van der Waals surface area contributed by atoms with Crippen LogP contribution >= 0.6 is 12.4 Å². The lowest BCUT2D eigenvalue weighted by atomic mass is 9.81. The van der Waals surface area contributed by atoms with Crippen LogP contribution in [0.1, 0.15) is 19.8 Å². The van der Waals surface area contributed by atoms with Crippen LogP contribution in [0.25, 0.3) is 0 Å². The zero-order valence-corrected chi connectivity index (χ0v) is 8.49. The number of rotatable bonds is 2. The molecule has 0 aromatic carbocycles. The Hall–Kier alpha value is -0.270. The first kappa shape index (κ1) is 11.7. The van der Waals surface area contributed by atoms with Crippen LogP contribution in [0.15, 0.2) is 24.8 Å². The van der Waals surface area contributed by atoms with E-state index in [-0.39, 0.29) is 12.4 Å². The Labute approximate surface area is 81.3 Å². The number of allylic oxidation sites excluding steroid dienone is 3. The van der Waals surface area contributed by atoms with E-state index in [0.29, 0.717) is 5.41 Å². The fraction of sp³-hybridized carbons (Fsp3) is 0.600. The van der Waals surface area contributed by atoms with Gasteiger partial charge < -0.3 is 5.32 Å². The Kier molecular flexibility index (Phi) is 5.27. The molecule has 1 fully saturated rings. The van der Waals surface area contributed by atoms with Crippen molar-refractivity contribution in [2.45, 2.75) is 19.8 Å². The van der Waals surface area contributed by atoms with Crippen molar-refractivity contribution in [1.29, 1.82) is 0 Å². The molecule has 0 aromatic rings. The summed E-state index contributed by atoms with van der Waals surface area (Å²) in [5, 5.41) is 3.36. The first-order valence-corrected chi connectivity index (χ1v) is 4.28. The number of hydrogen-bond donors (Lipinski definition) is 1. The SMILES string of the molecule is C=C/C=C/C1(C)CCNCC1.Cl. The maximum absolute atomic E-state index is 3.67. The second-order valence-electron chi connectivity index (χ2n) is 3.50. The van der Waals surface area contributed by atoms with Gasteiger partial charge in [0.05, 0.1) is 0 Å². The highest BCUT2D eigenvalue weighted by Gasteiger charge is 2.22. The largest absolute Gasteiger partial charge is 0.317 e. The highest BCUT2D eigenvalue weighted by Crippen LogP contribution is 2.29. The smallest absolute Gasteiger partial charge is 0.00407 e. The van der Waals surface area contributed by atoms with E-state index in [0.717, 1.165) is 13.1 Å². The molecule has 0 unspecified atom stereocenters. The second-order valence-corrected chi connectivity index (χ2v) is 3.50. The van der Waals surface area contributed by atoms with Crippen molar-refractivity contribution < 1.29 is 0 Å². The zero-order chi connectivity index (χ0) is 8.16. The van der Waals surface area contributed by atoms with Crippen molar-refractivity contribution in [1.82, 2.24) is 5.32 Å². The van der Waals surface area contributed by atoms with Crippen LogP contribution in [0.5, 0.6) is 0 Å². The van der Waals surface area contributed by atoms with Crippen molar-refractivity contribution in [2.24, 2.45) is 5.41 Å². The summed E-state index contributed by atoms with van der Waals surface area (Å²) in [6.45, 7) is 8.29. The highest BCUT2D eigenvalue weighted by molar-refractivity contribution is 5.85. The molecule has 12 heavy (non-hydrogen) atoms. The predicted molar refractivity (Wildman–Crippen MR) is 56.8 cm³/mol. The summed E-state index contributed by atoms with van der Waals surface area (Å²) >= 11 is 0. The first-order valence-electron chi connectivity index (χ1n) is 4.28. The summed E-state index contributed by atoms with van der Waals surface area (Å²) < 4.78 is 0. The number of piperidine rings is 1.